The highest BCUT2D eigenvalue weighted by Gasteiger charge is 2.17. The van der Waals surface area contributed by atoms with E-state index in [0.717, 1.165) is 25.9 Å². The summed E-state index contributed by atoms with van der Waals surface area (Å²) in [7, 11) is 0. The zero-order valence-electron chi connectivity index (χ0n) is 11.4. The Labute approximate surface area is 109 Å². The number of amides is 1. The van der Waals surface area contributed by atoms with Gasteiger partial charge >= 0.3 is 5.97 Å². The molecule has 18 heavy (non-hydrogen) atoms. The van der Waals surface area contributed by atoms with Crippen molar-refractivity contribution < 1.29 is 14.3 Å². The maximum absolute atomic E-state index is 11.8. The van der Waals surface area contributed by atoms with Gasteiger partial charge in [-0.1, -0.05) is 0 Å². The predicted molar refractivity (Wildman–Crippen MR) is 69.1 cm³/mol. The van der Waals surface area contributed by atoms with Gasteiger partial charge in [-0.2, -0.15) is 0 Å². The highest BCUT2D eigenvalue weighted by atomic mass is 16.5. The molecule has 0 aromatic carbocycles. The van der Waals surface area contributed by atoms with E-state index in [1.807, 2.05) is 4.90 Å². The summed E-state index contributed by atoms with van der Waals surface area (Å²) in [5.41, 5.74) is 0. The lowest BCUT2D eigenvalue weighted by Gasteiger charge is -2.26. The van der Waals surface area contributed by atoms with Crippen molar-refractivity contribution in [1.29, 1.82) is 0 Å². The standard InChI is InChI=1S/C13H24N2O3/c1-3-18-13(17)11(2)14-8-7-12(16)15-9-5-4-6-10-15/h11,14H,3-10H2,1-2H3. The van der Waals surface area contributed by atoms with E-state index in [9.17, 15) is 9.59 Å². The van der Waals surface area contributed by atoms with E-state index >= 15 is 0 Å². The van der Waals surface area contributed by atoms with Gasteiger partial charge < -0.3 is 15.0 Å². The summed E-state index contributed by atoms with van der Waals surface area (Å²) in [5, 5.41) is 3.02. The summed E-state index contributed by atoms with van der Waals surface area (Å²) in [5.74, 6) is -0.0822. The van der Waals surface area contributed by atoms with Gasteiger partial charge in [-0.3, -0.25) is 9.59 Å². The van der Waals surface area contributed by atoms with E-state index in [0.29, 0.717) is 19.6 Å². The van der Waals surface area contributed by atoms with E-state index in [-0.39, 0.29) is 17.9 Å². The zero-order chi connectivity index (χ0) is 13.4. The van der Waals surface area contributed by atoms with Crippen LogP contribution in [-0.4, -0.2) is 49.1 Å². The van der Waals surface area contributed by atoms with Crippen LogP contribution in [-0.2, 0) is 14.3 Å². The number of likely N-dealkylation sites (tertiary alicyclic amines) is 1. The molecule has 0 aromatic rings. The topological polar surface area (TPSA) is 58.6 Å². The SMILES string of the molecule is CCOC(=O)C(C)NCCC(=O)N1CCCCC1. The van der Waals surface area contributed by atoms with Crippen LogP contribution in [0.1, 0.15) is 39.5 Å². The van der Waals surface area contributed by atoms with Crippen LogP contribution >= 0.6 is 0 Å². The second-order valence-electron chi connectivity index (χ2n) is 4.62. The average Bonchev–Trinajstić information content (AvgIpc) is 2.39. The Kier molecular flexibility index (Phi) is 6.72. The molecule has 0 aliphatic carbocycles. The Morgan fingerprint density at radius 2 is 1.94 bits per heavy atom. The summed E-state index contributed by atoms with van der Waals surface area (Å²) in [6.45, 7) is 6.21. The molecule has 1 atom stereocenters. The lowest BCUT2D eigenvalue weighted by atomic mass is 10.1. The lowest BCUT2D eigenvalue weighted by molar-refractivity contribution is -0.145. The fraction of sp³-hybridized carbons (Fsp3) is 0.846. The van der Waals surface area contributed by atoms with Gasteiger partial charge in [0.15, 0.2) is 0 Å². The first-order valence-corrected chi connectivity index (χ1v) is 6.83. The van der Waals surface area contributed by atoms with E-state index in [1.54, 1.807) is 13.8 Å². The van der Waals surface area contributed by atoms with E-state index in [2.05, 4.69) is 5.32 Å². The van der Waals surface area contributed by atoms with Crippen molar-refractivity contribution in [2.24, 2.45) is 0 Å². The highest BCUT2D eigenvalue weighted by Crippen LogP contribution is 2.09. The van der Waals surface area contributed by atoms with Crippen LogP contribution in [0.25, 0.3) is 0 Å². The zero-order valence-corrected chi connectivity index (χ0v) is 11.4. The van der Waals surface area contributed by atoms with Crippen LogP contribution in [0.3, 0.4) is 0 Å². The number of rotatable bonds is 6. The van der Waals surface area contributed by atoms with Crippen LogP contribution in [0, 0.1) is 0 Å². The molecule has 0 bridgehead atoms. The minimum absolute atomic E-state index is 0.179. The fourth-order valence-corrected chi connectivity index (χ4v) is 2.05. The molecule has 0 radical (unpaired) electrons. The molecule has 1 saturated heterocycles. The van der Waals surface area contributed by atoms with Gasteiger partial charge in [-0.15, -0.1) is 0 Å². The van der Waals surface area contributed by atoms with Crippen LogP contribution in [0.5, 0.6) is 0 Å². The Morgan fingerprint density at radius 3 is 2.56 bits per heavy atom. The molecule has 5 nitrogen and oxygen atoms in total. The monoisotopic (exact) mass is 256 g/mol. The van der Waals surface area contributed by atoms with Crippen molar-refractivity contribution in [2.75, 3.05) is 26.2 Å². The van der Waals surface area contributed by atoms with Crippen molar-refractivity contribution in [2.45, 2.75) is 45.6 Å². The first-order valence-electron chi connectivity index (χ1n) is 6.83. The number of hydrogen-bond acceptors (Lipinski definition) is 4. The third-order valence-corrected chi connectivity index (χ3v) is 3.14. The summed E-state index contributed by atoms with van der Waals surface area (Å²) in [6.07, 6.45) is 3.89. The van der Waals surface area contributed by atoms with E-state index in [1.165, 1.54) is 6.42 Å². The number of piperidine rings is 1. The molecule has 0 spiro atoms. The van der Waals surface area contributed by atoms with Crippen molar-refractivity contribution in [3.63, 3.8) is 0 Å². The van der Waals surface area contributed by atoms with Crippen LogP contribution < -0.4 is 5.32 Å². The van der Waals surface area contributed by atoms with Gasteiger partial charge in [0.1, 0.15) is 6.04 Å². The highest BCUT2D eigenvalue weighted by molar-refractivity contribution is 5.77. The molecule has 1 fully saturated rings. The average molecular weight is 256 g/mol. The molecule has 1 heterocycles. The van der Waals surface area contributed by atoms with Gasteiger partial charge in [-0.05, 0) is 33.1 Å². The molecule has 1 aliphatic heterocycles. The number of nitrogens with one attached hydrogen (secondary N) is 1. The minimum atomic E-state index is -0.348. The van der Waals surface area contributed by atoms with Gasteiger partial charge in [0.2, 0.25) is 5.91 Å². The maximum Gasteiger partial charge on any atom is 0.322 e. The molecule has 1 amide bonds. The molecule has 104 valence electrons. The minimum Gasteiger partial charge on any atom is -0.465 e. The number of carbonyl (C=O) groups is 2. The maximum atomic E-state index is 11.8. The second-order valence-corrected chi connectivity index (χ2v) is 4.62. The first-order chi connectivity index (χ1) is 8.65. The van der Waals surface area contributed by atoms with Crippen molar-refractivity contribution in [1.82, 2.24) is 10.2 Å². The molecule has 1 N–H and O–H groups in total. The fourth-order valence-electron chi connectivity index (χ4n) is 2.05. The molecular formula is C13H24N2O3. The van der Waals surface area contributed by atoms with Gasteiger partial charge in [0.25, 0.3) is 0 Å². The van der Waals surface area contributed by atoms with Crippen molar-refractivity contribution >= 4 is 11.9 Å². The number of hydrogen-bond donors (Lipinski definition) is 1. The third-order valence-electron chi connectivity index (χ3n) is 3.14. The summed E-state index contributed by atoms with van der Waals surface area (Å²) in [6, 6.07) is -0.348. The largest absolute Gasteiger partial charge is 0.465 e. The Morgan fingerprint density at radius 1 is 1.28 bits per heavy atom. The Bertz CT molecular complexity index is 275. The first kappa shape index (κ1) is 15.0. The molecule has 0 saturated carbocycles. The van der Waals surface area contributed by atoms with Crippen LogP contribution in [0.4, 0.5) is 0 Å². The van der Waals surface area contributed by atoms with E-state index < -0.39 is 0 Å². The smallest absolute Gasteiger partial charge is 0.322 e. The van der Waals surface area contributed by atoms with Gasteiger partial charge in [0, 0.05) is 26.1 Å². The third kappa shape index (κ3) is 5.04. The lowest BCUT2D eigenvalue weighted by Crippen LogP contribution is -2.40. The summed E-state index contributed by atoms with van der Waals surface area (Å²) >= 11 is 0. The van der Waals surface area contributed by atoms with Crippen LogP contribution in [0.15, 0.2) is 0 Å². The molecule has 0 aromatic heterocycles. The normalized spacial score (nSPS) is 17.3. The molecular weight excluding hydrogens is 232 g/mol. The molecule has 1 aliphatic rings. The van der Waals surface area contributed by atoms with Crippen molar-refractivity contribution in [3.05, 3.63) is 0 Å². The Balaban J connectivity index is 2.16. The number of nitrogens with zero attached hydrogens (tertiary/aromatic N) is 1. The molecule has 1 rings (SSSR count). The molecule has 1 unspecified atom stereocenters. The Hall–Kier alpha value is -1.10. The summed E-state index contributed by atoms with van der Waals surface area (Å²) < 4.78 is 4.88. The second kappa shape index (κ2) is 8.08. The van der Waals surface area contributed by atoms with Crippen LogP contribution in [0.2, 0.25) is 0 Å². The number of esters is 1. The van der Waals surface area contributed by atoms with Gasteiger partial charge in [-0.25, -0.2) is 0 Å². The number of carbonyl (C=O) groups excluding carboxylic acids is 2. The van der Waals surface area contributed by atoms with E-state index in [4.69, 9.17) is 4.74 Å². The number of ether oxygens (including phenoxy) is 1. The summed E-state index contributed by atoms with van der Waals surface area (Å²) in [4.78, 5) is 25.1. The van der Waals surface area contributed by atoms with Crippen molar-refractivity contribution in [3.8, 4) is 0 Å². The quantitative estimate of drug-likeness (QED) is 0.718. The predicted octanol–water partition coefficient (Wildman–Crippen LogP) is 0.930. The van der Waals surface area contributed by atoms with Gasteiger partial charge in [0.05, 0.1) is 6.61 Å². The molecule has 5 heteroatoms.